The Morgan fingerprint density at radius 1 is 0.938 bits per heavy atom. The Bertz CT molecular complexity index is 865. The lowest BCUT2D eigenvalue weighted by atomic mass is 10.2. The van der Waals surface area contributed by atoms with E-state index in [4.69, 9.17) is 4.74 Å². The van der Waals surface area contributed by atoms with Crippen molar-refractivity contribution in [2.75, 3.05) is 74.7 Å². The summed E-state index contributed by atoms with van der Waals surface area (Å²) in [5, 5.41) is 3.55. The standard InChI is InChI=1S/C24H33N5OS.HI/c1-25-24(26-19-20-7-9-21(10-8-20)27-15-17-31-18-16-27)29-13-11-28(12-14-29)22-5-3-4-6-23(22)30-2;/h3-10H,11-19H2,1-2H3,(H,25,26);1H. The summed E-state index contributed by atoms with van der Waals surface area (Å²) in [4.78, 5) is 11.7. The molecule has 0 radical (unpaired) electrons. The number of methoxy groups -OCH3 is 1. The molecule has 2 aliphatic heterocycles. The highest BCUT2D eigenvalue weighted by molar-refractivity contribution is 14.0. The predicted octanol–water partition coefficient (Wildman–Crippen LogP) is 3.76. The summed E-state index contributed by atoms with van der Waals surface area (Å²) in [5.41, 5.74) is 3.78. The van der Waals surface area contributed by atoms with Gasteiger partial charge < -0.3 is 24.8 Å². The minimum atomic E-state index is 0. The van der Waals surface area contributed by atoms with Crippen molar-refractivity contribution < 1.29 is 4.74 Å². The second kappa shape index (κ2) is 12.4. The van der Waals surface area contributed by atoms with Crippen LogP contribution in [0.2, 0.25) is 0 Å². The normalized spacial score (nSPS) is 17.1. The molecule has 0 aliphatic carbocycles. The fraction of sp³-hybridized carbons (Fsp3) is 0.458. The highest BCUT2D eigenvalue weighted by atomic mass is 127. The van der Waals surface area contributed by atoms with Gasteiger partial charge >= 0.3 is 0 Å². The maximum absolute atomic E-state index is 5.53. The molecule has 2 aliphatic rings. The van der Waals surface area contributed by atoms with Crippen molar-refractivity contribution in [3.63, 3.8) is 0 Å². The third kappa shape index (κ3) is 6.15. The van der Waals surface area contributed by atoms with Crippen molar-refractivity contribution in [3.05, 3.63) is 54.1 Å². The summed E-state index contributed by atoms with van der Waals surface area (Å²) in [6.07, 6.45) is 0. The molecule has 2 fully saturated rings. The Labute approximate surface area is 213 Å². The molecule has 4 rings (SSSR count). The third-order valence-electron chi connectivity index (χ3n) is 5.98. The molecule has 0 saturated carbocycles. The summed E-state index contributed by atoms with van der Waals surface area (Å²) < 4.78 is 5.53. The van der Waals surface area contributed by atoms with Gasteiger partial charge in [0.05, 0.1) is 12.8 Å². The van der Waals surface area contributed by atoms with Crippen LogP contribution in [0.1, 0.15) is 5.56 Å². The summed E-state index contributed by atoms with van der Waals surface area (Å²) in [5.74, 6) is 4.36. The summed E-state index contributed by atoms with van der Waals surface area (Å²) in [6.45, 7) is 6.85. The van der Waals surface area contributed by atoms with Gasteiger partial charge in [0.15, 0.2) is 5.96 Å². The Morgan fingerprint density at radius 2 is 1.62 bits per heavy atom. The van der Waals surface area contributed by atoms with E-state index in [1.807, 2.05) is 30.9 Å². The SMILES string of the molecule is CN=C(NCc1ccc(N2CCSCC2)cc1)N1CCN(c2ccccc2OC)CC1.I. The van der Waals surface area contributed by atoms with Gasteiger partial charge in [-0.3, -0.25) is 4.99 Å². The highest BCUT2D eigenvalue weighted by Gasteiger charge is 2.21. The monoisotopic (exact) mass is 567 g/mol. The number of anilines is 2. The number of halogens is 1. The number of benzene rings is 2. The third-order valence-corrected chi connectivity index (χ3v) is 6.92. The Kier molecular flexibility index (Phi) is 9.65. The number of nitrogens with zero attached hydrogens (tertiary/aromatic N) is 4. The minimum absolute atomic E-state index is 0. The van der Waals surface area contributed by atoms with Crippen molar-refractivity contribution in [2.45, 2.75) is 6.54 Å². The van der Waals surface area contributed by atoms with E-state index in [1.54, 1.807) is 7.11 Å². The molecule has 8 heteroatoms. The molecule has 2 saturated heterocycles. The van der Waals surface area contributed by atoms with Gasteiger partial charge in [0, 0.05) is 70.1 Å². The molecular formula is C24H34IN5OS. The van der Waals surface area contributed by atoms with Crippen molar-refractivity contribution in [1.29, 1.82) is 0 Å². The van der Waals surface area contributed by atoms with Crippen LogP contribution in [0.5, 0.6) is 5.75 Å². The largest absolute Gasteiger partial charge is 0.495 e. The molecule has 2 heterocycles. The Hall–Kier alpha value is -1.81. The fourth-order valence-electron chi connectivity index (χ4n) is 4.21. The van der Waals surface area contributed by atoms with Gasteiger partial charge in [0.1, 0.15) is 5.75 Å². The zero-order valence-corrected chi connectivity index (χ0v) is 22.1. The van der Waals surface area contributed by atoms with Crippen LogP contribution < -0.4 is 19.9 Å². The van der Waals surface area contributed by atoms with E-state index in [9.17, 15) is 0 Å². The van der Waals surface area contributed by atoms with Crippen LogP contribution in [0.25, 0.3) is 0 Å². The predicted molar refractivity (Wildman–Crippen MR) is 148 cm³/mol. The van der Waals surface area contributed by atoms with Crippen LogP contribution in [-0.4, -0.2) is 75.8 Å². The molecule has 0 unspecified atom stereocenters. The van der Waals surface area contributed by atoms with E-state index in [2.05, 4.69) is 61.4 Å². The zero-order valence-electron chi connectivity index (χ0n) is 19.0. The van der Waals surface area contributed by atoms with Crippen molar-refractivity contribution in [1.82, 2.24) is 10.2 Å². The summed E-state index contributed by atoms with van der Waals surface area (Å²) >= 11 is 2.05. The number of hydrogen-bond donors (Lipinski definition) is 1. The van der Waals surface area contributed by atoms with Gasteiger partial charge in [-0.2, -0.15) is 11.8 Å². The molecule has 0 atom stereocenters. The van der Waals surface area contributed by atoms with Crippen molar-refractivity contribution in [3.8, 4) is 5.75 Å². The molecule has 0 aromatic heterocycles. The molecule has 0 bridgehead atoms. The Balaban J connectivity index is 0.00000289. The molecule has 0 amide bonds. The first-order valence-electron chi connectivity index (χ1n) is 11.0. The lowest BCUT2D eigenvalue weighted by Crippen LogP contribution is -2.52. The van der Waals surface area contributed by atoms with Gasteiger partial charge in [0.2, 0.25) is 0 Å². The first kappa shape index (κ1) is 24.8. The number of rotatable bonds is 5. The van der Waals surface area contributed by atoms with Gasteiger partial charge in [-0.15, -0.1) is 24.0 Å². The number of ether oxygens (including phenoxy) is 1. The lowest BCUT2D eigenvalue weighted by Gasteiger charge is -2.38. The topological polar surface area (TPSA) is 43.3 Å². The lowest BCUT2D eigenvalue weighted by molar-refractivity contribution is 0.367. The summed E-state index contributed by atoms with van der Waals surface area (Å²) in [7, 11) is 3.60. The average molecular weight is 568 g/mol. The van der Waals surface area contributed by atoms with E-state index in [0.717, 1.165) is 57.5 Å². The molecule has 0 spiro atoms. The Morgan fingerprint density at radius 3 is 2.28 bits per heavy atom. The quantitative estimate of drug-likeness (QED) is 0.338. The molecule has 2 aromatic rings. The molecule has 6 nitrogen and oxygen atoms in total. The highest BCUT2D eigenvalue weighted by Crippen LogP contribution is 2.28. The molecular weight excluding hydrogens is 533 g/mol. The first-order chi connectivity index (χ1) is 15.3. The first-order valence-corrected chi connectivity index (χ1v) is 12.2. The number of piperazine rings is 1. The number of hydrogen-bond acceptors (Lipinski definition) is 5. The van der Waals surface area contributed by atoms with Gasteiger partial charge in [-0.05, 0) is 29.8 Å². The van der Waals surface area contributed by atoms with Gasteiger partial charge in [-0.25, -0.2) is 0 Å². The fourth-order valence-corrected chi connectivity index (χ4v) is 5.11. The zero-order chi connectivity index (χ0) is 21.5. The van der Waals surface area contributed by atoms with Gasteiger partial charge in [0.25, 0.3) is 0 Å². The van der Waals surface area contributed by atoms with Crippen LogP contribution in [0, 0.1) is 0 Å². The van der Waals surface area contributed by atoms with Crippen LogP contribution in [0.4, 0.5) is 11.4 Å². The maximum atomic E-state index is 5.53. The second-order valence-electron chi connectivity index (χ2n) is 7.81. The van der Waals surface area contributed by atoms with Crippen molar-refractivity contribution in [2.24, 2.45) is 4.99 Å². The van der Waals surface area contributed by atoms with E-state index in [-0.39, 0.29) is 24.0 Å². The van der Waals surface area contributed by atoms with Crippen LogP contribution in [0.3, 0.4) is 0 Å². The maximum Gasteiger partial charge on any atom is 0.194 e. The molecule has 32 heavy (non-hydrogen) atoms. The van der Waals surface area contributed by atoms with Crippen LogP contribution >= 0.6 is 35.7 Å². The number of para-hydroxylation sites is 2. The number of nitrogens with one attached hydrogen (secondary N) is 1. The van der Waals surface area contributed by atoms with E-state index in [0.29, 0.717) is 0 Å². The second-order valence-corrected chi connectivity index (χ2v) is 9.04. The molecule has 1 N–H and O–H groups in total. The number of guanidine groups is 1. The van der Waals surface area contributed by atoms with Crippen LogP contribution in [0.15, 0.2) is 53.5 Å². The minimum Gasteiger partial charge on any atom is -0.495 e. The van der Waals surface area contributed by atoms with E-state index in [1.165, 1.54) is 28.4 Å². The molecule has 174 valence electrons. The van der Waals surface area contributed by atoms with Crippen LogP contribution in [-0.2, 0) is 6.54 Å². The number of thioether (sulfide) groups is 1. The number of aliphatic imine (C=N–C) groups is 1. The molecule has 2 aromatic carbocycles. The average Bonchev–Trinajstić information content (AvgIpc) is 2.86. The van der Waals surface area contributed by atoms with Gasteiger partial charge in [-0.1, -0.05) is 24.3 Å². The van der Waals surface area contributed by atoms with E-state index < -0.39 is 0 Å². The van der Waals surface area contributed by atoms with Crippen molar-refractivity contribution >= 4 is 53.1 Å². The smallest absolute Gasteiger partial charge is 0.194 e. The van der Waals surface area contributed by atoms with E-state index >= 15 is 0 Å². The summed E-state index contributed by atoms with van der Waals surface area (Å²) in [6, 6.07) is 17.2.